The van der Waals surface area contributed by atoms with Crippen molar-refractivity contribution in [2.45, 2.75) is 6.54 Å². The summed E-state index contributed by atoms with van der Waals surface area (Å²) in [6.07, 6.45) is 0. The van der Waals surface area contributed by atoms with Crippen LogP contribution in [-0.2, 0) is 6.54 Å². The minimum atomic E-state index is -0.477. The second-order valence-corrected chi connectivity index (χ2v) is 9.04. The Bertz CT molecular complexity index is 1200. The zero-order chi connectivity index (χ0) is 25.5. The minimum Gasteiger partial charge on any atom is -0.333 e. The molecule has 188 valence electrons. The Balaban J connectivity index is 1.35. The van der Waals surface area contributed by atoms with Gasteiger partial charge in [-0.3, -0.25) is 9.69 Å². The van der Waals surface area contributed by atoms with Crippen LogP contribution < -0.4 is 5.32 Å². The number of rotatable bonds is 7. The number of halogens is 3. The first-order chi connectivity index (χ1) is 17.4. The number of nitrogens with one attached hydrogen (secondary N) is 1. The van der Waals surface area contributed by atoms with Crippen molar-refractivity contribution in [2.75, 3.05) is 44.6 Å². The molecule has 1 N–H and O–H groups in total. The van der Waals surface area contributed by atoms with E-state index < -0.39 is 5.82 Å². The van der Waals surface area contributed by atoms with E-state index in [4.69, 9.17) is 11.6 Å². The molecule has 0 spiro atoms. The predicted octanol–water partition coefficient (Wildman–Crippen LogP) is 5.11. The average Bonchev–Trinajstić information content (AvgIpc) is 2.89. The van der Waals surface area contributed by atoms with Crippen LogP contribution in [0.3, 0.4) is 0 Å². The summed E-state index contributed by atoms with van der Waals surface area (Å²) in [6, 6.07) is 18.6. The zero-order valence-corrected chi connectivity index (χ0v) is 20.4. The fraction of sp³-hybridized carbons (Fsp3) is 0.259. The smallest absolute Gasteiger partial charge is 0.322 e. The van der Waals surface area contributed by atoms with Crippen molar-refractivity contribution >= 4 is 29.2 Å². The number of nitrogens with zero attached hydrogens (tertiary/aromatic N) is 3. The van der Waals surface area contributed by atoms with Crippen LogP contribution in [0.15, 0.2) is 72.8 Å². The fourth-order valence-electron chi connectivity index (χ4n) is 4.06. The molecule has 0 radical (unpaired) electrons. The summed E-state index contributed by atoms with van der Waals surface area (Å²) in [5.74, 6) is -0.969. The highest BCUT2D eigenvalue weighted by atomic mass is 35.5. The summed E-state index contributed by atoms with van der Waals surface area (Å²) in [5, 5.41) is 3.10. The number of benzene rings is 3. The van der Waals surface area contributed by atoms with Gasteiger partial charge in [-0.05, 0) is 48.0 Å². The van der Waals surface area contributed by atoms with Gasteiger partial charge in [-0.15, -0.1) is 0 Å². The second-order valence-electron chi connectivity index (χ2n) is 8.60. The molecule has 6 nitrogen and oxygen atoms in total. The Hall–Kier alpha value is -3.49. The highest BCUT2D eigenvalue weighted by Crippen LogP contribution is 2.17. The van der Waals surface area contributed by atoms with Gasteiger partial charge in [0, 0.05) is 56.4 Å². The molecule has 1 heterocycles. The largest absolute Gasteiger partial charge is 0.333 e. The molecule has 4 rings (SSSR count). The standard InChI is InChI=1S/C27H27ClF2N4O2/c28-22-5-3-4-21(18-22)26(35)34(19-20-8-10-23(29)11-9-20)17-14-32-12-15-33(16-13-32)27(36)31-25-7-2-1-6-24(25)30/h1-11,18H,12-17,19H2,(H,31,36). The van der Waals surface area contributed by atoms with E-state index in [1.165, 1.54) is 24.3 Å². The lowest BCUT2D eigenvalue weighted by molar-refractivity contribution is 0.0704. The number of hydrogen-bond acceptors (Lipinski definition) is 3. The van der Waals surface area contributed by atoms with E-state index in [-0.39, 0.29) is 23.4 Å². The van der Waals surface area contributed by atoms with Crippen molar-refractivity contribution < 1.29 is 18.4 Å². The van der Waals surface area contributed by atoms with Crippen molar-refractivity contribution in [3.05, 3.63) is 101 Å². The van der Waals surface area contributed by atoms with Gasteiger partial charge in [-0.25, -0.2) is 13.6 Å². The number of carbonyl (C=O) groups excluding carboxylic acids is 2. The van der Waals surface area contributed by atoms with Gasteiger partial charge in [-0.2, -0.15) is 0 Å². The van der Waals surface area contributed by atoms with Crippen LogP contribution >= 0.6 is 11.6 Å². The number of amides is 3. The molecular formula is C27H27ClF2N4O2. The maximum Gasteiger partial charge on any atom is 0.322 e. The molecule has 0 aromatic heterocycles. The third-order valence-corrected chi connectivity index (χ3v) is 6.34. The zero-order valence-electron chi connectivity index (χ0n) is 19.7. The van der Waals surface area contributed by atoms with Crippen LogP contribution in [0.1, 0.15) is 15.9 Å². The number of hydrogen-bond donors (Lipinski definition) is 1. The van der Waals surface area contributed by atoms with Crippen LogP contribution in [0.5, 0.6) is 0 Å². The first kappa shape index (κ1) is 25.6. The van der Waals surface area contributed by atoms with Gasteiger partial charge >= 0.3 is 6.03 Å². The van der Waals surface area contributed by atoms with Crippen molar-refractivity contribution in [2.24, 2.45) is 0 Å². The molecule has 0 bridgehead atoms. The van der Waals surface area contributed by atoms with Gasteiger partial charge < -0.3 is 15.1 Å². The van der Waals surface area contributed by atoms with Crippen LogP contribution in [0.2, 0.25) is 5.02 Å². The van der Waals surface area contributed by atoms with Crippen LogP contribution in [0, 0.1) is 11.6 Å². The van der Waals surface area contributed by atoms with Crippen LogP contribution in [0.25, 0.3) is 0 Å². The van der Waals surface area contributed by atoms with Gasteiger partial charge in [0.25, 0.3) is 5.91 Å². The van der Waals surface area contributed by atoms with Crippen molar-refractivity contribution in [1.82, 2.24) is 14.7 Å². The molecule has 0 unspecified atom stereocenters. The summed E-state index contributed by atoms with van der Waals surface area (Å²) in [7, 11) is 0. The lowest BCUT2D eigenvalue weighted by Crippen LogP contribution is -2.51. The lowest BCUT2D eigenvalue weighted by atomic mass is 10.1. The first-order valence-corrected chi connectivity index (χ1v) is 12.1. The molecule has 36 heavy (non-hydrogen) atoms. The molecule has 1 fully saturated rings. The first-order valence-electron chi connectivity index (χ1n) is 11.7. The summed E-state index contributed by atoms with van der Waals surface area (Å²) in [5.41, 5.74) is 1.46. The van der Waals surface area contributed by atoms with E-state index in [1.54, 1.807) is 58.3 Å². The Kier molecular flexibility index (Phi) is 8.51. The van der Waals surface area contributed by atoms with Crippen LogP contribution in [-0.4, -0.2) is 65.9 Å². The summed E-state index contributed by atoms with van der Waals surface area (Å²) >= 11 is 6.09. The SMILES string of the molecule is O=C(Nc1ccccc1F)N1CCN(CCN(Cc2ccc(F)cc2)C(=O)c2cccc(Cl)c2)CC1. The topological polar surface area (TPSA) is 55.9 Å². The number of urea groups is 1. The monoisotopic (exact) mass is 512 g/mol. The van der Waals surface area contributed by atoms with Gasteiger partial charge in [-0.1, -0.05) is 41.9 Å². The van der Waals surface area contributed by atoms with E-state index in [1.807, 2.05) is 0 Å². The minimum absolute atomic E-state index is 0.154. The molecule has 3 aromatic rings. The Morgan fingerprint density at radius 3 is 2.33 bits per heavy atom. The maximum absolute atomic E-state index is 13.8. The van der Waals surface area contributed by atoms with E-state index in [0.717, 1.165) is 5.56 Å². The van der Waals surface area contributed by atoms with E-state index in [2.05, 4.69) is 10.2 Å². The number of piperazine rings is 1. The van der Waals surface area contributed by atoms with Gasteiger partial charge in [0.2, 0.25) is 0 Å². The quantitative estimate of drug-likeness (QED) is 0.478. The Morgan fingerprint density at radius 2 is 1.64 bits per heavy atom. The van der Waals surface area contributed by atoms with E-state index in [0.29, 0.717) is 56.4 Å². The summed E-state index contributed by atoms with van der Waals surface area (Å²) < 4.78 is 27.2. The van der Waals surface area contributed by atoms with Gasteiger partial charge in [0.1, 0.15) is 11.6 Å². The van der Waals surface area contributed by atoms with Crippen molar-refractivity contribution in [3.8, 4) is 0 Å². The maximum atomic E-state index is 13.8. The Labute approximate surface area is 214 Å². The number of para-hydroxylation sites is 1. The fourth-order valence-corrected chi connectivity index (χ4v) is 4.25. The average molecular weight is 513 g/mol. The molecule has 0 aliphatic carbocycles. The molecule has 0 atom stereocenters. The van der Waals surface area contributed by atoms with Crippen molar-refractivity contribution in [3.63, 3.8) is 0 Å². The number of anilines is 1. The highest BCUT2D eigenvalue weighted by molar-refractivity contribution is 6.30. The molecule has 1 aliphatic heterocycles. The molecule has 1 aliphatic rings. The third-order valence-electron chi connectivity index (χ3n) is 6.11. The molecule has 1 saturated heterocycles. The summed E-state index contributed by atoms with van der Waals surface area (Å²) in [4.78, 5) is 31.3. The van der Waals surface area contributed by atoms with E-state index in [9.17, 15) is 18.4 Å². The summed E-state index contributed by atoms with van der Waals surface area (Å²) in [6.45, 7) is 3.61. The number of carbonyl (C=O) groups is 2. The molecular weight excluding hydrogens is 486 g/mol. The molecule has 0 saturated carbocycles. The lowest BCUT2D eigenvalue weighted by Gasteiger charge is -2.36. The second kappa shape index (κ2) is 12.0. The normalized spacial score (nSPS) is 13.9. The van der Waals surface area contributed by atoms with Crippen molar-refractivity contribution in [1.29, 1.82) is 0 Å². The van der Waals surface area contributed by atoms with Crippen LogP contribution in [0.4, 0.5) is 19.3 Å². The predicted molar refractivity (Wildman–Crippen MR) is 136 cm³/mol. The van der Waals surface area contributed by atoms with E-state index >= 15 is 0 Å². The molecule has 3 amide bonds. The van der Waals surface area contributed by atoms with Gasteiger partial charge in [0.05, 0.1) is 5.69 Å². The van der Waals surface area contributed by atoms with Gasteiger partial charge in [0.15, 0.2) is 0 Å². The third kappa shape index (κ3) is 6.80. The molecule has 9 heteroatoms. The molecule has 3 aromatic carbocycles. The highest BCUT2D eigenvalue weighted by Gasteiger charge is 2.23. The Morgan fingerprint density at radius 1 is 0.917 bits per heavy atom.